The Kier molecular flexibility index (Phi) is 5.28. The third-order valence-electron chi connectivity index (χ3n) is 4.31. The summed E-state index contributed by atoms with van der Waals surface area (Å²) in [6.45, 7) is 1.33. The van der Waals surface area contributed by atoms with Gasteiger partial charge < -0.3 is 15.0 Å². The van der Waals surface area contributed by atoms with Gasteiger partial charge in [0.15, 0.2) is 0 Å². The van der Waals surface area contributed by atoms with Crippen LogP contribution in [0.2, 0.25) is 0 Å². The Balaban J connectivity index is 1.60. The van der Waals surface area contributed by atoms with E-state index in [0.29, 0.717) is 36.5 Å². The Morgan fingerprint density at radius 3 is 2.92 bits per heavy atom. The minimum absolute atomic E-state index is 0.158. The zero-order valence-electron chi connectivity index (χ0n) is 14.5. The number of benzene rings is 1. The summed E-state index contributed by atoms with van der Waals surface area (Å²) in [5.74, 6) is 0.0799. The molecule has 3 rings (SSSR count). The lowest BCUT2D eigenvalue weighted by Crippen LogP contribution is -2.27. The molecular formula is C19H22FN3O2. The van der Waals surface area contributed by atoms with Crippen LogP contribution in [0, 0.1) is 5.82 Å². The van der Waals surface area contributed by atoms with E-state index in [-0.39, 0.29) is 17.8 Å². The number of amides is 1. The monoisotopic (exact) mass is 343 g/mol. The van der Waals surface area contributed by atoms with E-state index >= 15 is 0 Å². The number of halogens is 1. The van der Waals surface area contributed by atoms with Crippen molar-refractivity contribution in [1.29, 1.82) is 0 Å². The number of rotatable bonds is 6. The topological polar surface area (TPSA) is 54.5 Å². The van der Waals surface area contributed by atoms with Crippen molar-refractivity contribution >= 4 is 5.91 Å². The largest absolute Gasteiger partial charge is 0.476 e. The van der Waals surface area contributed by atoms with E-state index in [1.807, 2.05) is 25.1 Å². The highest BCUT2D eigenvalue weighted by Crippen LogP contribution is 2.32. The van der Waals surface area contributed by atoms with Gasteiger partial charge in [-0.15, -0.1) is 0 Å². The fourth-order valence-electron chi connectivity index (χ4n) is 2.93. The fourth-order valence-corrected chi connectivity index (χ4v) is 2.93. The highest BCUT2D eigenvalue weighted by molar-refractivity contribution is 5.94. The van der Waals surface area contributed by atoms with Crippen LogP contribution in [0.15, 0.2) is 36.5 Å². The average Bonchev–Trinajstić information content (AvgIpc) is 2.99. The molecule has 1 heterocycles. The molecule has 0 saturated heterocycles. The molecule has 5 nitrogen and oxygen atoms in total. The predicted molar refractivity (Wildman–Crippen MR) is 93.2 cm³/mol. The first kappa shape index (κ1) is 17.4. The van der Waals surface area contributed by atoms with Crippen LogP contribution in [0.25, 0.3) is 0 Å². The molecule has 0 saturated carbocycles. The summed E-state index contributed by atoms with van der Waals surface area (Å²) in [4.78, 5) is 18.6. The molecule has 0 bridgehead atoms. The average molecular weight is 343 g/mol. The van der Waals surface area contributed by atoms with Gasteiger partial charge in [0.2, 0.25) is 5.88 Å². The van der Waals surface area contributed by atoms with Gasteiger partial charge in [-0.3, -0.25) is 4.79 Å². The second kappa shape index (κ2) is 7.61. The molecule has 1 amide bonds. The molecule has 1 aromatic heterocycles. The lowest BCUT2D eigenvalue weighted by molar-refractivity contribution is 0.0936. The van der Waals surface area contributed by atoms with Crippen LogP contribution >= 0.6 is 0 Å². The molecule has 1 aliphatic carbocycles. The number of hydrogen-bond acceptors (Lipinski definition) is 4. The van der Waals surface area contributed by atoms with E-state index in [4.69, 9.17) is 4.74 Å². The van der Waals surface area contributed by atoms with Crippen LogP contribution in [0.4, 0.5) is 4.39 Å². The molecule has 132 valence electrons. The van der Waals surface area contributed by atoms with Crippen molar-refractivity contribution in [2.24, 2.45) is 0 Å². The number of carbonyl (C=O) groups excluding carboxylic acids is 1. The molecule has 0 spiro atoms. The first-order valence-electron chi connectivity index (χ1n) is 8.36. The lowest BCUT2D eigenvalue weighted by atomic mass is 10.1. The predicted octanol–water partition coefficient (Wildman–Crippen LogP) is 2.58. The van der Waals surface area contributed by atoms with Crippen LogP contribution in [0.1, 0.15) is 33.9 Å². The smallest absolute Gasteiger partial charge is 0.253 e. The van der Waals surface area contributed by atoms with Gasteiger partial charge in [0, 0.05) is 18.8 Å². The molecule has 1 unspecified atom stereocenters. The molecule has 2 aromatic rings. The van der Waals surface area contributed by atoms with Crippen molar-refractivity contribution in [2.75, 3.05) is 27.2 Å². The van der Waals surface area contributed by atoms with Crippen LogP contribution in [0.3, 0.4) is 0 Å². The van der Waals surface area contributed by atoms with Crippen molar-refractivity contribution in [3.05, 3.63) is 59.0 Å². The Morgan fingerprint density at radius 2 is 2.20 bits per heavy atom. The molecular weight excluding hydrogens is 321 g/mol. The molecule has 0 fully saturated rings. The van der Waals surface area contributed by atoms with Gasteiger partial charge in [-0.25, -0.2) is 9.37 Å². The summed E-state index contributed by atoms with van der Waals surface area (Å²) in [5, 5.41) is 2.96. The minimum atomic E-state index is -0.213. The summed E-state index contributed by atoms with van der Waals surface area (Å²) in [7, 11) is 3.94. The van der Waals surface area contributed by atoms with Gasteiger partial charge in [-0.1, -0.05) is 12.1 Å². The normalized spacial score (nSPS) is 15.9. The molecule has 1 aromatic carbocycles. The second-order valence-electron chi connectivity index (χ2n) is 6.41. The Bertz CT molecular complexity index is 747. The van der Waals surface area contributed by atoms with Gasteiger partial charge >= 0.3 is 0 Å². The number of carbonyl (C=O) groups is 1. The lowest BCUT2D eigenvalue weighted by Gasteiger charge is -2.14. The number of aromatic nitrogens is 1. The number of nitrogens with zero attached hydrogens (tertiary/aromatic N) is 2. The highest BCUT2D eigenvalue weighted by atomic mass is 19.1. The van der Waals surface area contributed by atoms with E-state index in [1.54, 1.807) is 18.2 Å². The van der Waals surface area contributed by atoms with E-state index in [2.05, 4.69) is 10.3 Å². The highest BCUT2D eigenvalue weighted by Gasteiger charge is 2.26. The standard InChI is InChI=1S/C19H22FN3O2/c1-23(2)10-11-25-18-9-6-13(12-21-18)19(24)22-17-8-7-14-15(17)4-3-5-16(14)20/h3-6,9,12,17H,7-8,10-11H2,1-2H3,(H,22,24). The van der Waals surface area contributed by atoms with E-state index in [9.17, 15) is 9.18 Å². The number of hydrogen-bond donors (Lipinski definition) is 1. The maximum absolute atomic E-state index is 13.8. The molecule has 0 radical (unpaired) electrons. The molecule has 6 heteroatoms. The van der Waals surface area contributed by atoms with Crippen LogP contribution in [-0.4, -0.2) is 43.0 Å². The number of nitrogens with one attached hydrogen (secondary N) is 1. The minimum Gasteiger partial charge on any atom is -0.476 e. The summed E-state index contributed by atoms with van der Waals surface area (Å²) < 4.78 is 19.3. The maximum Gasteiger partial charge on any atom is 0.253 e. The van der Waals surface area contributed by atoms with Gasteiger partial charge in [0.25, 0.3) is 5.91 Å². The van der Waals surface area contributed by atoms with Crippen molar-refractivity contribution in [3.63, 3.8) is 0 Å². The zero-order chi connectivity index (χ0) is 17.8. The van der Waals surface area contributed by atoms with Crippen LogP contribution < -0.4 is 10.1 Å². The number of likely N-dealkylation sites (N-methyl/N-ethyl adjacent to an activating group) is 1. The summed E-state index contributed by atoms with van der Waals surface area (Å²) >= 11 is 0. The molecule has 0 aliphatic heterocycles. The zero-order valence-corrected chi connectivity index (χ0v) is 14.5. The third-order valence-corrected chi connectivity index (χ3v) is 4.31. The van der Waals surface area contributed by atoms with Gasteiger partial charge in [-0.2, -0.15) is 0 Å². The molecule has 1 atom stereocenters. The molecule has 25 heavy (non-hydrogen) atoms. The first-order chi connectivity index (χ1) is 12.0. The third kappa shape index (κ3) is 4.14. The quantitative estimate of drug-likeness (QED) is 0.876. The van der Waals surface area contributed by atoms with E-state index in [1.165, 1.54) is 12.3 Å². The maximum atomic E-state index is 13.8. The van der Waals surface area contributed by atoms with Gasteiger partial charge in [0.1, 0.15) is 12.4 Å². The summed E-state index contributed by atoms with van der Waals surface area (Å²) in [5.41, 5.74) is 2.03. The van der Waals surface area contributed by atoms with Crippen molar-refractivity contribution in [1.82, 2.24) is 15.2 Å². The molecule has 1 N–H and O–H groups in total. The first-order valence-corrected chi connectivity index (χ1v) is 8.36. The molecule has 1 aliphatic rings. The van der Waals surface area contributed by atoms with Gasteiger partial charge in [-0.05, 0) is 50.2 Å². The Labute approximate surface area is 146 Å². The van der Waals surface area contributed by atoms with Crippen molar-refractivity contribution in [2.45, 2.75) is 18.9 Å². The van der Waals surface area contributed by atoms with Crippen molar-refractivity contribution in [3.8, 4) is 5.88 Å². The number of fused-ring (bicyclic) bond motifs is 1. The van der Waals surface area contributed by atoms with Crippen LogP contribution in [0.5, 0.6) is 5.88 Å². The van der Waals surface area contributed by atoms with Crippen molar-refractivity contribution < 1.29 is 13.9 Å². The van der Waals surface area contributed by atoms with Gasteiger partial charge in [0.05, 0.1) is 11.6 Å². The van der Waals surface area contributed by atoms with E-state index in [0.717, 1.165) is 12.1 Å². The number of pyridine rings is 1. The fraction of sp³-hybridized carbons (Fsp3) is 0.368. The Morgan fingerprint density at radius 1 is 1.36 bits per heavy atom. The Hall–Kier alpha value is -2.47. The summed E-state index contributed by atoms with van der Waals surface area (Å²) in [6, 6.07) is 8.23. The second-order valence-corrected chi connectivity index (χ2v) is 6.41. The SMILES string of the molecule is CN(C)CCOc1ccc(C(=O)NC2CCc3c(F)cccc32)cn1. The van der Waals surface area contributed by atoms with Crippen LogP contribution in [-0.2, 0) is 6.42 Å². The number of ether oxygens (including phenoxy) is 1. The van der Waals surface area contributed by atoms with E-state index < -0.39 is 0 Å². The summed E-state index contributed by atoms with van der Waals surface area (Å²) in [6.07, 6.45) is 2.85.